The van der Waals surface area contributed by atoms with Gasteiger partial charge in [0.05, 0.1) is 9.85 Å². The Morgan fingerprint density at radius 1 is 0.679 bits per heavy atom. The van der Waals surface area contributed by atoms with Crippen molar-refractivity contribution in [3.63, 3.8) is 0 Å². The predicted molar refractivity (Wildman–Crippen MR) is 88.7 cm³/mol. The lowest BCUT2D eigenvalue weighted by Gasteiger charge is -2.06. The van der Waals surface area contributed by atoms with Crippen LogP contribution in [0.15, 0.2) is 48.5 Å². The molecule has 12 heteroatoms. The molecule has 0 spiro atoms. The van der Waals surface area contributed by atoms with E-state index in [1.54, 1.807) is 0 Å². The normalized spacial score (nSPS) is 9.86. The molecule has 0 N–H and O–H groups in total. The maximum absolute atomic E-state index is 11.3. The second kappa shape index (κ2) is 9.47. The maximum atomic E-state index is 11.3. The number of carbonyl (C=O) groups is 2. The molecule has 0 saturated heterocycles. The standard InChI is InChI=1S/C16H12N2O10/c19-15(25-9-11-1-5-13(6-2-11)17(21)22)27-28-16(20)26-10-12-3-7-14(8-4-12)18(23)24/h1-8H,9-10H2. The van der Waals surface area contributed by atoms with Gasteiger partial charge in [0.15, 0.2) is 0 Å². The summed E-state index contributed by atoms with van der Waals surface area (Å²) in [6.45, 7) is -0.532. The quantitative estimate of drug-likeness (QED) is 0.308. The number of nitro benzene ring substituents is 2. The van der Waals surface area contributed by atoms with E-state index >= 15 is 0 Å². The molecule has 0 amide bonds. The molecule has 0 unspecified atom stereocenters. The van der Waals surface area contributed by atoms with Gasteiger partial charge in [0, 0.05) is 24.3 Å². The summed E-state index contributed by atoms with van der Waals surface area (Å²) < 4.78 is 9.30. The third kappa shape index (κ3) is 6.25. The van der Waals surface area contributed by atoms with Crippen molar-refractivity contribution in [1.29, 1.82) is 0 Å². The molecule has 0 saturated carbocycles. The van der Waals surface area contributed by atoms with E-state index in [4.69, 9.17) is 0 Å². The molecular formula is C16H12N2O10. The minimum atomic E-state index is -1.33. The van der Waals surface area contributed by atoms with Crippen LogP contribution in [0.4, 0.5) is 21.0 Å². The van der Waals surface area contributed by atoms with Crippen LogP contribution < -0.4 is 0 Å². The van der Waals surface area contributed by atoms with Crippen molar-refractivity contribution >= 4 is 23.7 Å². The van der Waals surface area contributed by atoms with E-state index in [0.29, 0.717) is 11.1 Å². The first-order chi connectivity index (χ1) is 13.3. The van der Waals surface area contributed by atoms with E-state index in [1.165, 1.54) is 48.5 Å². The minimum Gasteiger partial charge on any atom is -0.427 e. The average Bonchev–Trinajstić information content (AvgIpc) is 2.69. The zero-order chi connectivity index (χ0) is 20.5. The Bertz CT molecular complexity index is 790. The van der Waals surface area contributed by atoms with Crippen molar-refractivity contribution in [1.82, 2.24) is 0 Å². The fourth-order valence-electron chi connectivity index (χ4n) is 1.83. The molecule has 0 fully saturated rings. The largest absolute Gasteiger partial charge is 0.550 e. The minimum absolute atomic E-state index is 0.120. The second-order valence-corrected chi connectivity index (χ2v) is 5.09. The molecule has 0 heterocycles. The van der Waals surface area contributed by atoms with Crippen LogP contribution in [-0.2, 0) is 32.5 Å². The highest BCUT2D eigenvalue weighted by Gasteiger charge is 2.13. The van der Waals surface area contributed by atoms with Gasteiger partial charge in [-0.15, -0.1) is 0 Å². The number of nitrogens with zero attached hydrogens (tertiary/aromatic N) is 2. The van der Waals surface area contributed by atoms with Crippen molar-refractivity contribution in [3.8, 4) is 0 Å². The number of rotatable bonds is 6. The Hall–Kier alpha value is -4.22. The summed E-state index contributed by atoms with van der Waals surface area (Å²) in [6.07, 6.45) is -2.66. The number of non-ortho nitro benzene ring substituents is 2. The molecule has 2 aromatic rings. The van der Waals surface area contributed by atoms with Crippen LogP contribution >= 0.6 is 0 Å². The van der Waals surface area contributed by atoms with Crippen molar-refractivity contribution in [2.75, 3.05) is 0 Å². The molecule has 146 valence electrons. The highest BCUT2D eigenvalue weighted by molar-refractivity contribution is 5.63. The van der Waals surface area contributed by atoms with Gasteiger partial charge in [0.1, 0.15) is 13.2 Å². The number of hydrogen-bond acceptors (Lipinski definition) is 10. The summed E-state index contributed by atoms with van der Waals surface area (Å²) in [7, 11) is 0. The van der Waals surface area contributed by atoms with Gasteiger partial charge < -0.3 is 9.47 Å². The van der Waals surface area contributed by atoms with Crippen molar-refractivity contribution < 1.29 is 38.7 Å². The van der Waals surface area contributed by atoms with Crippen molar-refractivity contribution in [2.24, 2.45) is 0 Å². The van der Waals surface area contributed by atoms with Gasteiger partial charge in [0.25, 0.3) is 11.4 Å². The topological polar surface area (TPSA) is 157 Å². The molecular weight excluding hydrogens is 380 g/mol. The van der Waals surface area contributed by atoms with Gasteiger partial charge in [-0.3, -0.25) is 20.2 Å². The third-order valence-electron chi connectivity index (χ3n) is 3.19. The predicted octanol–water partition coefficient (Wildman–Crippen LogP) is 3.42. The number of benzene rings is 2. The van der Waals surface area contributed by atoms with Gasteiger partial charge >= 0.3 is 12.3 Å². The lowest BCUT2D eigenvalue weighted by Crippen LogP contribution is -2.13. The molecule has 0 aliphatic heterocycles. The molecule has 0 atom stereocenters. The lowest BCUT2D eigenvalue weighted by atomic mass is 10.2. The Balaban J connectivity index is 1.68. The van der Waals surface area contributed by atoms with Crippen LogP contribution in [0.5, 0.6) is 0 Å². The zero-order valence-electron chi connectivity index (χ0n) is 14.0. The van der Waals surface area contributed by atoms with Crippen LogP contribution in [0, 0.1) is 20.2 Å². The van der Waals surface area contributed by atoms with Gasteiger partial charge in [-0.1, -0.05) is 0 Å². The number of carbonyl (C=O) groups excluding carboxylic acids is 2. The van der Waals surface area contributed by atoms with E-state index in [2.05, 4.69) is 19.2 Å². The van der Waals surface area contributed by atoms with Crippen LogP contribution in [0.3, 0.4) is 0 Å². The second-order valence-electron chi connectivity index (χ2n) is 5.09. The average molecular weight is 392 g/mol. The van der Waals surface area contributed by atoms with E-state index in [0.717, 1.165) is 0 Å². The summed E-state index contributed by atoms with van der Waals surface area (Å²) >= 11 is 0. The van der Waals surface area contributed by atoms with Crippen molar-refractivity contribution in [2.45, 2.75) is 13.2 Å². The molecule has 2 rings (SSSR count). The SMILES string of the molecule is O=C(OCc1ccc([N+](=O)[O-])cc1)OOC(=O)OCc1ccc([N+](=O)[O-])cc1. The van der Waals surface area contributed by atoms with Gasteiger partial charge in [-0.05, 0) is 35.4 Å². The zero-order valence-corrected chi connectivity index (χ0v) is 14.0. The Labute approximate surface area is 156 Å². The molecule has 0 bridgehead atoms. The number of ether oxygens (including phenoxy) is 2. The summed E-state index contributed by atoms with van der Waals surface area (Å²) in [5, 5.41) is 21.1. The third-order valence-corrected chi connectivity index (χ3v) is 3.19. The van der Waals surface area contributed by atoms with Crippen molar-refractivity contribution in [3.05, 3.63) is 79.9 Å². The Morgan fingerprint density at radius 2 is 1.00 bits per heavy atom. The van der Waals surface area contributed by atoms with Gasteiger partial charge in [0.2, 0.25) is 0 Å². The van der Waals surface area contributed by atoms with Crippen LogP contribution in [-0.4, -0.2) is 22.2 Å². The molecule has 0 aliphatic rings. The lowest BCUT2D eigenvalue weighted by molar-refractivity contribution is -0.385. The van der Waals surface area contributed by atoms with Crippen LogP contribution in [0.2, 0.25) is 0 Å². The highest BCUT2D eigenvalue weighted by atomic mass is 17.3. The maximum Gasteiger partial charge on any atom is 0.550 e. The molecule has 12 nitrogen and oxygen atoms in total. The van der Waals surface area contributed by atoms with Gasteiger partial charge in [-0.2, -0.15) is 19.4 Å². The molecule has 0 aromatic heterocycles. The molecule has 2 aromatic carbocycles. The summed E-state index contributed by atoms with van der Waals surface area (Å²) in [6, 6.07) is 10.4. The highest BCUT2D eigenvalue weighted by Crippen LogP contribution is 2.14. The molecule has 0 radical (unpaired) electrons. The fourth-order valence-corrected chi connectivity index (χ4v) is 1.83. The summed E-state index contributed by atoms with van der Waals surface area (Å²) in [5.74, 6) is 0. The van der Waals surface area contributed by atoms with E-state index in [1.807, 2.05) is 0 Å². The Kier molecular flexibility index (Phi) is 6.80. The smallest absolute Gasteiger partial charge is 0.427 e. The fraction of sp³-hybridized carbons (Fsp3) is 0.125. The van der Waals surface area contributed by atoms with Crippen LogP contribution in [0.1, 0.15) is 11.1 Å². The van der Waals surface area contributed by atoms with Crippen LogP contribution in [0.25, 0.3) is 0 Å². The number of hydrogen-bond donors (Lipinski definition) is 0. The Morgan fingerprint density at radius 3 is 1.29 bits per heavy atom. The first kappa shape index (κ1) is 20.1. The first-order valence-electron chi connectivity index (χ1n) is 7.50. The number of nitro groups is 2. The first-order valence-corrected chi connectivity index (χ1v) is 7.50. The van der Waals surface area contributed by atoms with Gasteiger partial charge in [-0.25, -0.2) is 0 Å². The molecule has 28 heavy (non-hydrogen) atoms. The summed E-state index contributed by atoms with van der Waals surface area (Å²) in [4.78, 5) is 50.7. The monoisotopic (exact) mass is 392 g/mol. The summed E-state index contributed by atoms with van der Waals surface area (Å²) in [5.41, 5.74) is 0.655. The molecule has 0 aliphatic carbocycles. The van der Waals surface area contributed by atoms with E-state index in [-0.39, 0.29) is 24.6 Å². The van der Waals surface area contributed by atoms with E-state index < -0.39 is 22.2 Å². The van der Waals surface area contributed by atoms with E-state index in [9.17, 15) is 29.8 Å².